The molecular formula is C22H29Cl2Hf. The van der Waals surface area contributed by atoms with E-state index in [1.807, 2.05) is 0 Å². The SMILES string of the molecule is CCC1=C(C)C2=C(CCC3CCC3C2(C)C)[C]1(C1=CC=CC1)[Hf]([Cl])[Cl]. The zero-order valence-electron chi connectivity index (χ0n) is 15.9. The van der Waals surface area contributed by atoms with E-state index < -0.39 is 19.1 Å². The first-order valence-corrected chi connectivity index (χ1v) is 20.6. The molecule has 0 heterocycles. The van der Waals surface area contributed by atoms with E-state index in [-0.39, 0.29) is 8.59 Å². The number of fused-ring (bicyclic) bond motifs is 1. The molecule has 3 heteroatoms. The number of halogens is 2. The molecule has 3 unspecified atom stereocenters. The van der Waals surface area contributed by atoms with Gasteiger partial charge in [-0.3, -0.25) is 0 Å². The Kier molecular flexibility index (Phi) is 4.87. The average molecular weight is 543 g/mol. The van der Waals surface area contributed by atoms with E-state index in [0.29, 0.717) is 0 Å². The molecular weight excluding hydrogens is 514 g/mol. The van der Waals surface area contributed by atoms with E-state index in [9.17, 15) is 0 Å². The van der Waals surface area contributed by atoms with Crippen molar-refractivity contribution in [2.45, 2.75) is 69.4 Å². The molecule has 1 saturated carbocycles. The van der Waals surface area contributed by atoms with Gasteiger partial charge >= 0.3 is 169 Å². The van der Waals surface area contributed by atoms with E-state index >= 15 is 0 Å². The summed E-state index contributed by atoms with van der Waals surface area (Å²) in [7, 11) is 14.1. The minimum absolute atomic E-state index is 0.0491. The molecule has 0 N–H and O–H groups in total. The van der Waals surface area contributed by atoms with Crippen LogP contribution in [0.25, 0.3) is 0 Å². The zero-order valence-corrected chi connectivity index (χ0v) is 21.0. The van der Waals surface area contributed by atoms with Gasteiger partial charge in [0.1, 0.15) is 0 Å². The molecule has 0 nitrogen and oxygen atoms in total. The van der Waals surface area contributed by atoms with Crippen molar-refractivity contribution in [3.8, 4) is 0 Å². The summed E-state index contributed by atoms with van der Waals surface area (Å²) in [6, 6.07) is 0. The van der Waals surface area contributed by atoms with Gasteiger partial charge in [-0.2, -0.15) is 0 Å². The van der Waals surface area contributed by atoms with Gasteiger partial charge in [-0.1, -0.05) is 0 Å². The van der Waals surface area contributed by atoms with Crippen molar-refractivity contribution in [1.82, 2.24) is 0 Å². The molecule has 135 valence electrons. The molecule has 0 bridgehead atoms. The first-order valence-electron chi connectivity index (χ1n) is 9.86. The fourth-order valence-corrected chi connectivity index (χ4v) is 17.7. The van der Waals surface area contributed by atoms with Gasteiger partial charge in [0.15, 0.2) is 0 Å². The normalized spacial score (nSPS) is 36.0. The van der Waals surface area contributed by atoms with Crippen LogP contribution in [0.4, 0.5) is 0 Å². The minimum atomic E-state index is -2.84. The van der Waals surface area contributed by atoms with Gasteiger partial charge in [0.2, 0.25) is 0 Å². The number of allylic oxidation sites excluding steroid dienone is 8. The summed E-state index contributed by atoms with van der Waals surface area (Å²) in [5.74, 6) is 1.76. The maximum atomic E-state index is 7.06. The van der Waals surface area contributed by atoms with Gasteiger partial charge < -0.3 is 0 Å². The Morgan fingerprint density at radius 3 is 2.48 bits per heavy atom. The van der Waals surface area contributed by atoms with Gasteiger partial charge in [-0.05, 0) is 0 Å². The van der Waals surface area contributed by atoms with Crippen LogP contribution in [0.2, 0.25) is 3.17 Å². The number of hydrogen-bond donors (Lipinski definition) is 0. The molecule has 0 aromatic rings. The van der Waals surface area contributed by atoms with Gasteiger partial charge in [-0.15, -0.1) is 0 Å². The summed E-state index contributed by atoms with van der Waals surface area (Å²) >= 11 is -2.84. The molecule has 0 aromatic carbocycles. The Labute approximate surface area is 168 Å². The first-order chi connectivity index (χ1) is 11.9. The van der Waals surface area contributed by atoms with Crippen LogP contribution in [-0.2, 0) is 19.1 Å². The molecule has 3 atom stereocenters. The van der Waals surface area contributed by atoms with Crippen LogP contribution in [0.3, 0.4) is 0 Å². The van der Waals surface area contributed by atoms with E-state index in [0.717, 1.165) is 24.7 Å². The van der Waals surface area contributed by atoms with E-state index in [2.05, 4.69) is 45.9 Å². The molecule has 4 rings (SSSR count). The fraction of sp³-hybridized carbons (Fsp3) is 0.636. The van der Waals surface area contributed by atoms with Gasteiger partial charge in [0, 0.05) is 0 Å². The van der Waals surface area contributed by atoms with Crippen molar-refractivity contribution < 1.29 is 19.1 Å². The predicted molar refractivity (Wildman–Crippen MR) is 105 cm³/mol. The Bertz CT molecular complexity index is 722. The zero-order chi connectivity index (χ0) is 18.0. The predicted octanol–water partition coefficient (Wildman–Crippen LogP) is 7.84. The van der Waals surface area contributed by atoms with Gasteiger partial charge in [0.25, 0.3) is 0 Å². The van der Waals surface area contributed by atoms with Crippen LogP contribution >= 0.6 is 17.2 Å². The third-order valence-electron chi connectivity index (χ3n) is 7.68. The van der Waals surface area contributed by atoms with Crippen LogP contribution in [0.1, 0.15) is 66.2 Å². The van der Waals surface area contributed by atoms with Gasteiger partial charge in [-0.25, -0.2) is 0 Å². The second kappa shape index (κ2) is 6.49. The van der Waals surface area contributed by atoms with E-state index in [4.69, 9.17) is 17.2 Å². The summed E-state index contributed by atoms with van der Waals surface area (Å²) in [5, 5.41) is 0. The van der Waals surface area contributed by atoms with Crippen LogP contribution in [-0.4, -0.2) is 0 Å². The molecule has 0 aliphatic heterocycles. The van der Waals surface area contributed by atoms with E-state index in [1.165, 1.54) is 31.3 Å². The summed E-state index contributed by atoms with van der Waals surface area (Å²) < 4.78 is -0.0491. The molecule has 1 fully saturated rings. The van der Waals surface area contributed by atoms with Crippen molar-refractivity contribution in [2.75, 3.05) is 0 Å². The Morgan fingerprint density at radius 1 is 1.20 bits per heavy atom. The third-order valence-corrected chi connectivity index (χ3v) is 17.7. The van der Waals surface area contributed by atoms with Crippen molar-refractivity contribution in [1.29, 1.82) is 0 Å². The molecule has 25 heavy (non-hydrogen) atoms. The van der Waals surface area contributed by atoms with Crippen molar-refractivity contribution >= 4 is 17.2 Å². The summed E-state index contributed by atoms with van der Waals surface area (Å²) in [6.45, 7) is 9.70. The summed E-state index contributed by atoms with van der Waals surface area (Å²) in [5.41, 5.74) is 8.21. The molecule has 0 spiro atoms. The maximum absolute atomic E-state index is 7.06. The summed E-state index contributed by atoms with van der Waals surface area (Å²) in [4.78, 5) is 0. The van der Waals surface area contributed by atoms with Crippen LogP contribution in [0.5, 0.6) is 0 Å². The van der Waals surface area contributed by atoms with Crippen molar-refractivity contribution in [3.05, 3.63) is 46.1 Å². The molecule has 0 amide bonds. The first kappa shape index (κ1) is 18.8. The number of hydrogen-bond acceptors (Lipinski definition) is 0. The number of rotatable bonds is 3. The topological polar surface area (TPSA) is 0 Å². The van der Waals surface area contributed by atoms with Crippen molar-refractivity contribution in [2.24, 2.45) is 17.3 Å². The molecule has 4 aliphatic carbocycles. The Morgan fingerprint density at radius 2 is 1.96 bits per heavy atom. The average Bonchev–Trinajstić information content (AvgIpc) is 3.08. The molecule has 0 saturated heterocycles. The molecule has 0 radical (unpaired) electrons. The Balaban J connectivity index is 1.98. The standard InChI is InChI=1S/C22H29.2ClH.Hf/c1-5-17-14(2)21-18(20(17)16-8-6-7-9-16)12-10-15-11-13-19(15)22(21,3)4;;;/h6-8,15,19H,5,9-13H2,1-4H3;2*1H;/q;;;+2/p-2. The van der Waals surface area contributed by atoms with Crippen LogP contribution in [0, 0.1) is 17.3 Å². The Hall–Kier alpha value is 0.410. The monoisotopic (exact) mass is 543 g/mol. The quantitative estimate of drug-likeness (QED) is 0.319. The van der Waals surface area contributed by atoms with E-state index in [1.54, 1.807) is 22.3 Å². The van der Waals surface area contributed by atoms with Crippen LogP contribution < -0.4 is 0 Å². The second-order valence-electron chi connectivity index (χ2n) is 8.85. The van der Waals surface area contributed by atoms with Crippen molar-refractivity contribution in [3.63, 3.8) is 0 Å². The molecule has 0 aromatic heterocycles. The third kappa shape index (κ3) is 2.40. The second-order valence-corrected chi connectivity index (χ2v) is 21.2. The van der Waals surface area contributed by atoms with Crippen LogP contribution in [0.15, 0.2) is 46.1 Å². The van der Waals surface area contributed by atoms with Gasteiger partial charge in [0.05, 0.1) is 0 Å². The molecule has 4 aliphatic rings. The summed E-state index contributed by atoms with van der Waals surface area (Å²) in [6.07, 6.45) is 14.3. The fourth-order valence-electron chi connectivity index (χ4n) is 6.59.